The Hall–Kier alpha value is -3.81. The van der Waals surface area contributed by atoms with E-state index in [1.54, 1.807) is 6.07 Å². The monoisotopic (exact) mass is 527 g/mol. The van der Waals surface area contributed by atoms with Gasteiger partial charge < -0.3 is 16.0 Å². The van der Waals surface area contributed by atoms with Gasteiger partial charge in [0.15, 0.2) is 6.29 Å². The van der Waals surface area contributed by atoms with E-state index in [-0.39, 0.29) is 16.6 Å². The molecule has 192 valence electrons. The average molecular weight is 528 g/mol. The van der Waals surface area contributed by atoms with E-state index in [0.717, 1.165) is 77.1 Å². The van der Waals surface area contributed by atoms with Gasteiger partial charge in [-0.2, -0.15) is 0 Å². The minimum absolute atomic E-state index is 0.0764. The number of aromatic nitrogens is 2. The molecule has 1 saturated heterocycles. The van der Waals surface area contributed by atoms with Crippen molar-refractivity contribution in [3.63, 3.8) is 0 Å². The molecule has 1 saturated carbocycles. The molecule has 1 aliphatic heterocycles. The Morgan fingerprint density at radius 2 is 1.95 bits per heavy atom. The third-order valence-corrected chi connectivity index (χ3v) is 7.69. The van der Waals surface area contributed by atoms with Gasteiger partial charge in [-0.1, -0.05) is 24.2 Å². The van der Waals surface area contributed by atoms with E-state index >= 15 is 0 Å². The number of rotatable bonds is 7. The number of carbonyl (C=O) groups is 1. The number of hydrogen-bond donors (Lipinski definition) is 2. The van der Waals surface area contributed by atoms with Crippen molar-refractivity contribution in [2.75, 3.05) is 23.3 Å². The van der Waals surface area contributed by atoms with Crippen LogP contribution in [-0.2, 0) is 0 Å². The number of nitrogens with two attached hydrogens (primary N) is 1. The lowest BCUT2D eigenvalue weighted by Gasteiger charge is -2.19. The smallest absolute Gasteiger partial charge is 0.154 e. The minimum atomic E-state index is -0.653. The number of pyridine rings is 2. The number of hydrogen-bond acceptors (Lipinski definition) is 6. The third kappa shape index (κ3) is 4.64. The summed E-state index contributed by atoms with van der Waals surface area (Å²) in [7, 11) is 0. The first-order valence-electron chi connectivity index (χ1n) is 12.7. The Balaban J connectivity index is 1.42. The van der Waals surface area contributed by atoms with Crippen LogP contribution >= 0.6 is 11.6 Å². The van der Waals surface area contributed by atoms with E-state index in [2.05, 4.69) is 21.8 Å². The van der Waals surface area contributed by atoms with Gasteiger partial charge in [-0.05, 0) is 78.3 Å². The quantitative estimate of drug-likeness (QED) is 0.263. The fraction of sp³-hybridized carbons (Fsp3) is 0.233. The van der Waals surface area contributed by atoms with E-state index in [0.29, 0.717) is 17.8 Å². The number of carbonyl (C=O) groups excluding carboxylic acids is 1. The number of aldehydes is 1. The lowest BCUT2D eigenvalue weighted by molar-refractivity contribution is 0.112. The van der Waals surface area contributed by atoms with Gasteiger partial charge in [0, 0.05) is 36.3 Å². The fourth-order valence-electron chi connectivity index (χ4n) is 5.05. The van der Waals surface area contributed by atoms with Gasteiger partial charge in [0.05, 0.1) is 33.7 Å². The summed E-state index contributed by atoms with van der Waals surface area (Å²) in [5.74, 6) is 0.701. The van der Waals surface area contributed by atoms with E-state index in [1.807, 2.05) is 42.7 Å². The van der Waals surface area contributed by atoms with Crippen LogP contribution in [0.15, 0.2) is 61.4 Å². The Morgan fingerprint density at radius 1 is 1.11 bits per heavy atom. The normalized spacial score (nSPS) is 17.1. The maximum absolute atomic E-state index is 14.5. The van der Waals surface area contributed by atoms with Crippen LogP contribution in [-0.4, -0.2) is 35.4 Å². The molecule has 3 heterocycles. The van der Waals surface area contributed by atoms with Crippen LogP contribution in [0.5, 0.6) is 0 Å². The molecule has 2 aromatic carbocycles. The number of allylic oxidation sites excluding steroid dienone is 1. The molecule has 0 bridgehead atoms. The Morgan fingerprint density at radius 3 is 2.61 bits per heavy atom. The lowest BCUT2D eigenvalue weighted by atomic mass is 9.97. The summed E-state index contributed by atoms with van der Waals surface area (Å²) in [4.78, 5) is 22.8. The largest absolute Gasteiger partial charge is 0.355 e. The molecule has 2 aromatic heterocycles. The number of fused-ring (bicyclic) bond motifs is 1. The molecule has 6 rings (SSSR count). The molecule has 0 radical (unpaired) electrons. The van der Waals surface area contributed by atoms with Gasteiger partial charge in [-0.25, -0.2) is 9.37 Å². The number of anilines is 3. The molecule has 4 aromatic rings. The highest BCUT2D eigenvalue weighted by Gasteiger charge is 2.28. The molecule has 0 amide bonds. The van der Waals surface area contributed by atoms with Crippen molar-refractivity contribution in [1.82, 2.24) is 9.97 Å². The Bertz CT molecular complexity index is 1540. The zero-order chi connectivity index (χ0) is 26.4. The van der Waals surface area contributed by atoms with Gasteiger partial charge in [-0.15, -0.1) is 0 Å². The van der Waals surface area contributed by atoms with Crippen LogP contribution in [0.4, 0.5) is 21.6 Å². The summed E-state index contributed by atoms with van der Waals surface area (Å²) in [5.41, 5.74) is 11.8. The number of nitrogens with zero attached hydrogens (tertiary/aromatic N) is 3. The highest BCUT2D eigenvalue weighted by molar-refractivity contribution is 6.33. The van der Waals surface area contributed by atoms with Crippen molar-refractivity contribution in [1.29, 1.82) is 0 Å². The van der Waals surface area contributed by atoms with Gasteiger partial charge >= 0.3 is 0 Å². The second-order valence-corrected chi connectivity index (χ2v) is 10.5. The molecule has 6 nitrogen and oxygen atoms in total. The number of halogens is 2. The van der Waals surface area contributed by atoms with Crippen LogP contribution < -0.4 is 16.0 Å². The van der Waals surface area contributed by atoms with Crippen molar-refractivity contribution in [3.8, 4) is 11.1 Å². The Kier molecular flexibility index (Phi) is 6.33. The van der Waals surface area contributed by atoms with Gasteiger partial charge in [-0.3, -0.25) is 9.78 Å². The first-order chi connectivity index (χ1) is 18.4. The summed E-state index contributed by atoms with van der Waals surface area (Å²) in [6.07, 6.45) is 7.32. The van der Waals surface area contributed by atoms with Crippen LogP contribution in [0.1, 0.15) is 35.2 Å². The predicted octanol–water partition coefficient (Wildman–Crippen LogP) is 6.61. The molecule has 2 fully saturated rings. The third-order valence-electron chi connectivity index (χ3n) is 7.38. The average Bonchev–Trinajstić information content (AvgIpc) is 3.68. The van der Waals surface area contributed by atoms with Crippen molar-refractivity contribution < 1.29 is 9.18 Å². The minimum Gasteiger partial charge on any atom is -0.355 e. The molecule has 38 heavy (non-hydrogen) atoms. The molecule has 8 heteroatoms. The van der Waals surface area contributed by atoms with Gasteiger partial charge in [0.2, 0.25) is 0 Å². The van der Waals surface area contributed by atoms with Gasteiger partial charge in [0.1, 0.15) is 11.6 Å². The topological polar surface area (TPSA) is 84.1 Å². The maximum Gasteiger partial charge on any atom is 0.154 e. The second kappa shape index (κ2) is 9.82. The summed E-state index contributed by atoms with van der Waals surface area (Å²) in [6, 6.07) is 12.9. The molecule has 1 atom stereocenters. The highest BCUT2D eigenvalue weighted by atomic mass is 35.5. The summed E-state index contributed by atoms with van der Waals surface area (Å²) >= 11 is 6.19. The molecular formula is C30H27ClFN5O. The van der Waals surface area contributed by atoms with Crippen molar-refractivity contribution in [2.45, 2.75) is 25.3 Å². The van der Waals surface area contributed by atoms with Crippen molar-refractivity contribution in [2.24, 2.45) is 11.7 Å². The molecule has 1 unspecified atom stereocenters. The van der Waals surface area contributed by atoms with E-state index in [4.69, 9.17) is 22.3 Å². The maximum atomic E-state index is 14.5. The molecule has 3 N–H and O–H groups in total. The Labute approximate surface area is 225 Å². The van der Waals surface area contributed by atoms with Crippen molar-refractivity contribution in [3.05, 3.63) is 83.4 Å². The summed E-state index contributed by atoms with van der Waals surface area (Å²) in [6.45, 7) is 6.09. The zero-order valence-electron chi connectivity index (χ0n) is 20.8. The summed E-state index contributed by atoms with van der Waals surface area (Å²) in [5, 5.41) is 4.52. The second-order valence-electron chi connectivity index (χ2n) is 10.1. The molecule has 2 aliphatic rings. The predicted molar refractivity (Wildman–Crippen MR) is 152 cm³/mol. The first kappa shape index (κ1) is 24.5. The number of benzene rings is 2. The standard InChI is InChI=1S/C30H27ClFN5O/c1-17(18-2-3-18)24-14-34-28-6-4-19(20-11-26(31)25(16-38)27(32)12-20)10-23(28)30(24)36-22-5-7-29(35-13-22)37-9-8-21(33)15-37/h4-7,10-14,16,18,21H,1-3,8-9,15,33H2,(H,34,36). The van der Waals surface area contributed by atoms with E-state index < -0.39 is 5.82 Å². The summed E-state index contributed by atoms with van der Waals surface area (Å²) < 4.78 is 14.5. The zero-order valence-corrected chi connectivity index (χ0v) is 21.5. The van der Waals surface area contributed by atoms with Crippen LogP contribution in [0.2, 0.25) is 5.02 Å². The van der Waals surface area contributed by atoms with E-state index in [9.17, 15) is 9.18 Å². The van der Waals surface area contributed by atoms with Crippen molar-refractivity contribution >= 4 is 51.6 Å². The molecular weight excluding hydrogens is 501 g/mol. The highest BCUT2D eigenvalue weighted by Crippen LogP contribution is 2.45. The van der Waals surface area contributed by atoms with E-state index in [1.165, 1.54) is 6.07 Å². The molecule has 0 spiro atoms. The van der Waals surface area contributed by atoms with Crippen LogP contribution in [0.3, 0.4) is 0 Å². The van der Waals surface area contributed by atoms with Gasteiger partial charge in [0.25, 0.3) is 0 Å². The van der Waals surface area contributed by atoms with Crippen LogP contribution in [0.25, 0.3) is 27.6 Å². The first-order valence-corrected chi connectivity index (χ1v) is 13.1. The lowest BCUT2D eigenvalue weighted by Crippen LogP contribution is -2.26. The SMILES string of the molecule is C=C(c1cnc2ccc(-c3cc(F)c(C=O)c(Cl)c3)cc2c1Nc1ccc(N2CCC(N)C2)nc1)C1CC1. The molecule has 1 aliphatic carbocycles. The van der Waals surface area contributed by atoms with Crippen LogP contribution in [0, 0.1) is 11.7 Å². The number of nitrogens with one attached hydrogen (secondary N) is 1. The fourth-order valence-corrected chi connectivity index (χ4v) is 5.30.